The number of nitrogens with one attached hydrogen (secondary N) is 1. The smallest absolute Gasteiger partial charge is 0.152 e. The van der Waals surface area contributed by atoms with Crippen molar-refractivity contribution in [1.29, 1.82) is 5.41 Å². The molecule has 0 aliphatic heterocycles. The number of anilines is 1. The van der Waals surface area contributed by atoms with Gasteiger partial charge in [0.05, 0.1) is 0 Å². The van der Waals surface area contributed by atoms with Crippen LogP contribution in [0.2, 0.25) is 0 Å². The molecule has 174 valence electrons. The number of allylic oxidation sites excluding steroid dienone is 2. The van der Waals surface area contributed by atoms with Crippen LogP contribution in [0, 0.1) is 5.41 Å². The highest BCUT2D eigenvalue weighted by Crippen LogP contribution is 2.37. The third-order valence-electron chi connectivity index (χ3n) is 5.79. The van der Waals surface area contributed by atoms with Crippen LogP contribution < -0.4 is 5.73 Å². The van der Waals surface area contributed by atoms with Gasteiger partial charge in [0.25, 0.3) is 0 Å². The molecule has 0 aliphatic carbocycles. The molecular formula is C30H27N3OS. The first kappa shape index (κ1) is 24.0. The van der Waals surface area contributed by atoms with E-state index in [1.54, 1.807) is 24.3 Å². The quantitative estimate of drug-likeness (QED) is 0.120. The van der Waals surface area contributed by atoms with Crippen molar-refractivity contribution in [2.75, 3.05) is 5.73 Å². The highest BCUT2D eigenvalue weighted by atomic mass is 32.1. The molecule has 0 saturated carbocycles. The summed E-state index contributed by atoms with van der Waals surface area (Å²) in [6.45, 7) is 3.70. The summed E-state index contributed by atoms with van der Waals surface area (Å²) in [7, 11) is 0. The van der Waals surface area contributed by atoms with Crippen molar-refractivity contribution >= 4 is 46.2 Å². The molecule has 0 aliphatic rings. The molecule has 35 heavy (non-hydrogen) atoms. The van der Waals surface area contributed by atoms with E-state index < -0.39 is 0 Å². The fourth-order valence-electron chi connectivity index (χ4n) is 4.08. The normalized spacial score (nSPS) is 11.9. The van der Waals surface area contributed by atoms with Crippen LogP contribution in [-0.2, 0) is 4.79 Å². The van der Waals surface area contributed by atoms with E-state index in [0.717, 1.165) is 44.8 Å². The number of benzene rings is 3. The molecule has 3 aromatic carbocycles. The number of carbonyl (C=O) groups excluding carboxylic acids is 1. The molecule has 0 spiro atoms. The Bertz CT molecular complexity index is 1410. The maximum atomic E-state index is 11.3. The van der Waals surface area contributed by atoms with E-state index in [2.05, 4.69) is 48.3 Å². The average molecular weight is 478 g/mol. The van der Waals surface area contributed by atoms with E-state index >= 15 is 0 Å². The van der Waals surface area contributed by atoms with Crippen molar-refractivity contribution in [1.82, 2.24) is 4.98 Å². The summed E-state index contributed by atoms with van der Waals surface area (Å²) >= 11 is 1.62. The van der Waals surface area contributed by atoms with Crippen molar-refractivity contribution in [2.24, 2.45) is 0 Å². The Balaban J connectivity index is 1.92. The van der Waals surface area contributed by atoms with Gasteiger partial charge in [0.1, 0.15) is 5.01 Å². The minimum atomic E-state index is 0.0177. The molecule has 1 heterocycles. The SMILES string of the molecule is CC/C(=C(/c1ccc(/C=C/C(C)=O)cc1)c1ccc(N)c(C=N)c1)c1cccc(-c2nccs2)c1. The van der Waals surface area contributed by atoms with Gasteiger partial charge in [0, 0.05) is 34.6 Å². The van der Waals surface area contributed by atoms with Crippen LogP contribution in [0.4, 0.5) is 5.69 Å². The molecule has 3 N–H and O–H groups in total. The highest BCUT2D eigenvalue weighted by molar-refractivity contribution is 7.13. The molecule has 0 amide bonds. The maximum Gasteiger partial charge on any atom is 0.152 e. The predicted molar refractivity (Wildman–Crippen MR) is 149 cm³/mol. The van der Waals surface area contributed by atoms with Crippen LogP contribution in [0.1, 0.15) is 48.1 Å². The van der Waals surface area contributed by atoms with Gasteiger partial charge in [-0.3, -0.25) is 4.79 Å². The lowest BCUT2D eigenvalue weighted by atomic mass is 9.86. The van der Waals surface area contributed by atoms with Crippen LogP contribution in [0.5, 0.6) is 0 Å². The summed E-state index contributed by atoms with van der Waals surface area (Å²) in [5.74, 6) is 0.0177. The van der Waals surface area contributed by atoms with E-state index in [0.29, 0.717) is 11.3 Å². The standard InChI is InChI=1S/C30H27N3OS/c1-3-27(23-5-4-6-25(17-23)30-33-15-16-35-30)29(24-13-14-28(32)26(18-24)19-31)22-11-9-21(10-12-22)8-7-20(2)34/h4-19,31H,3,32H2,1-2H3/b8-7+,29-27+,31-19?. The molecule has 4 nitrogen and oxygen atoms in total. The first-order chi connectivity index (χ1) is 17.0. The summed E-state index contributed by atoms with van der Waals surface area (Å²) in [6, 6.07) is 22.5. The number of hydrogen-bond donors (Lipinski definition) is 2. The van der Waals surface area contributed by atoms with Gasteiger partial charge in [-0.1, -0.05) is 61.5 Å². The van der Waals surface area contributed by atoms with Gasteiger partial charge in [-0.15, -0.1) is 11.3 Å². The first-order valence-corrected chi connectivity index (χ1v) is 12.3. The van der Waals surface area contributed by atoms with Crippen LogP contribution in [0.3, 0.4) is 0 Å². The number of nitrogens with zero attached hydrogens (tertiary/aromatic N) is 1. The number of aromatic nitrogens is 1. The van der Waals surface area contributed by atoms with E-state index in [1.165, 1.54) is 11.8 Å². The monoisotopic (exact) mass is 477 g/mol. The first-order valence-electron chi connectivity index (χ1n) is 11.4. The zero-order valence-electron chi connectivity index (χ0n) is 19.8. The van der Waals surface area contributed by atoms with Crippen molar-refractivity contribution in [2.45, 2.75) is 20.3 Å². The van der Waals surface area contributed by atoms with Gasteiger partial charge < -0.3 is 11.1 Å². The minimum absolute atomic E-state index is 0.0177. The molecule has 4 rings (SSSR count). The highest BCUT2D eigenvalue weighted by Gasteiger charge is 2.15. The molecular weight excluding hydrogens is 450 g/mol. The molecule has 5 heteroatoms. The third-order valence-corrected chi connectivity index (χ3v) is 6.61. The number of ketones is 1. The van der Waals surface area contributed by atoms with Crippen LogP contribution >= 0.6 is 11.3 Å². The van der Waals surface area contributed by atoms with Crippen molar-refractivity contribution in [3.8, 4) is 10.6 Å². The topological polar surface area (TPSA) is 79.8 Å². The zero-order valence-corrected chi connectivity index (χ0v) is 20.6. The average Bonchev–Trinajstić information content (AvgIpc) is 3.42. The Kier molecular flexibility index (Phi) is 7.48. The van der Waals surface area contributed by atoms with Gasteiger partial charge in [-0.25, -0.2) is 4.98 Å². The van der Waals surface area contributed by atoms with Crippen molar-refractivity contribution in [3.05, 3.63) is 112 Å². The largest absolute Gasteiger partial charge is 0.398 e. The second-order valence-electron chi connectivity index (χ2n) is 8.18. The lowest BCUT2D eigenvalue weighted by Crippen LogP contribution is -1.99. The molecule has 1 aromatic heterocycles. The fraction of sp³-hybridized carbons (Fsp3) is 0.100. The Morgan fingerprint density at radius 3 is 2.46 bits per heavy atom. The number of nitrogens with two attached hydrogens (primary N) is 1. The fourth-order valence-corrected chi connectivity index (χ4v) is 4.71. The summed E-state index contributed by atoms with van der Waals surface area (Å²) in [4.78, 5) is 15.8. The molecule has 0 bridgehead atoms. The number of nitrogen functional groups attached to an aromatic ring is 1. The lowest BCUT2D eigenvalue weighted by Gasteiger charge is -2.18. The third kappa shape index (κ3) is 5.53. The molecule has 4 aromatic rings. The summed E-state index contributed by atoms with van der Waals surface area (Å²) in [6.07, 6.45) is 7.32. The van der Waals surface area contributed by atoms with E-state index in [-0.39, 0.29) is 5.78 Å². The number of carbonyl (C=O) groups is 1. The Hall–Kier alpha value is -4.09. The Morgan fingerprint density at radius 2 is 1.80 bits per heavy atom. The zero-order chi connectivity index (χ0) is 24.8. The van der Waals surface area contributed by atoms with Gasteiger partial charge in [0.2, 0.25) is 0 Å². The molecule has 0 fully saturated rings. The summed E-state index contributed by atoms with van der Waals surface area (Å²) in [5, 5.41) is 10.8. The van der Waals surface area contributed by atoms with E-state index in [1.807, 2.05) is 48.0 Å². The second-order valence-corrected chi connectivity index (χ2v) is 9.07. The lowest BCUT2D eigenvalue weighted by molar-refractivity contribution is -0.112. The van der Waals surface area contributed by atoms with Crippen LogP contribution in [0.15, 0.2) is 84.4 Å². The number of thiazole rings is 1. The summed E-state index contributed by atoms with van der Waals surface area (Å²) < 4.78 is 0. The molecule has 0 radical (unpaired) electrons. The van der Waals surface area contributed by atoms with Crippen molar-refractivity contribution < 1.29 is 4.79 Å². The van der Waals surface area contributed by atoms with Gasteiger partial charge in [-0.2, -0.15) is 0 Å². The summed E-state index contributed by atoms with van der Waals surface area (Å²) in [5.41, 5.74) is 14.9. The number of rotatable bonds is 8. The Labute approximate surface area is 210 Å². The van der Waals surface area contributed by atoms with Crippen molar-refractivity contribution in [3.63, 3.8) is 0 Å². The number of hydrogen-bond acceptors (Lipinski definition) is 5. The minimum Gasteiger partial charge on any atom is -0.398 e. The van der Waals surface area contributed by atoms with E-state index in [9.17, 15) is 4.79 Å². The molecule has 0 atom stereocenters. The van der Waals surface area contributed by atoms with Crippen LogP contribution in [-0.4, -0.2) is 17.0 Å². The van der Waals surface area contributed by atoms with Gasteiger partial charge >= 0.3 is 0 Å². The molecule has 0 unspecified atom stereocenters. The molecule has 0 saturated heterocycles. The maximum absolute atomic E-state index is 11.3. The second kappa shape index (κ2) is 10.9. The predicted octanol–water partition coefficient (Wildman–Crippen LogP) is 7.36. The van der Waals surface area contributed by atoms with E-state index in [4.69, 9.17) is 11.1 Å². The van der Waals surface area contributed by atoms with Gasteiger partial charge in [-0.05, 0) is 71.0 Å². The Morgan fingerprint density at radius 1 is 1.03 bits per heavy atom. The van der Waals surface area contributed by atoms with Gasteiger partial charge in [0.15, 0.2) is 5.78 Å². The van der Waals surface area contributed by atoms with Crippen LogP contribution in [0.25, 0.3) is 27.8 Å².